The second-order valence-corrected chi connectivity index (χ2v) is 16.3. The van der Waals surface area contributed by atoms with E-state index in [2.05, 4.69) is 14.7 Å². The molecule has 0 spiro atoms. The number of aromatic nitrogens is 2. The van der Waals surface area contributed by atoms with E-state index in [1.165, 1.54) is 23.5 Å². The van der Waals surface area contributed by atoms with Gasteiger partial charge in [0.15, 0.2) is 5.79 Å². The molecule has 1 fully saturated rings. The summed E-state index contributed by atoms with van der Waals surface area (Å²) in [7, 11) is 0. The first kappa shape index (κ1) is 34.3. The predicted octanol–water partition coefficient (Wildman–Crippen LogP) is 7.97. The maximum absolute atomic E-state index is 13.4. The molecular formula is C31H32Cl2N4O7S2. The van der Waals surface area contributed by atoms with Crippen LogP contribution in [0.5, 0.6) is 0 Å². The molecule has 4 aromatic rings. The van der Waals surface area contributed by atoms with Gasteiger partial charge in [-0.05, 0) is 95.0 Å². The molecule has 5 rings (SSSR count). The molecule has 2 amide bonds. The van der Waals surface area contributed by atoms with Crippen LogP contribution >= 0.6 is 34.5 Å². The SMILES string of the molecule is CC1(C)OCC(C)(c2ccnc(-c3cc(Cl)cc4cc(C(N[S+]([O-])C(C)(C)C)c5nc(N(C(=O)O)C(=O)O)ccc5Cl)sc34)c2)O1. The smallest absolute Gasteiger partial charge is 0.422 e. The van der Waals surface area contributed by atoms with Crippen molar-refractivity contribution in [1.82, 2.24) is 14.7 Å². The monoisotopic (exact) mass is 706 g/mol. The number of halogens is 2. The van der Waals surface area contributed by atoms with E-state index in [4.69, 9.17) is 32.7 Å². The van der Waals surface area contributed by atoms with E-state index in [0.29, 0.717) is 22.2 Å². The van der Waals surface area contributed by atoms with Gasteiger partial charge in [0.25, 0.3) is 0 Å². The number of fused-ring (bicyclic) bond motifs is 1. The van der Waals surface area contributed by atoms with Crippen molar-refractivity contribution in [2.24, 2.45) is 0 Å². The molecule has 4 heterocycles. The first-order valence-corrected chi connectivity index (χ1v) is 16.8. The molecule has 3 N–H and O–H groups in total. The van der Waals surface area contributed by atoms with Crippen LogP contribution in [-0.4, -0.2) is 54.1 Å². The number of hydrogen-bond acceptors (Lipinski definition) is 9. The first-order valence-electron chi connectivity index (χ1n) is 14.0. The maximum atomic E-state index is 13.4. The number of rotatable bonds is 7. The minimum atomic E-state index is -1.74. The molecule has 1 saturated heterocycles. The van der Waals surface area contributed by atoms with Crippen LogP contribution in [0.2, 0.25) is 10.0 Å². The molecule has 1 aliphatic heterocycles. The van der Waals surface area contributed by atoms with E-state index in [1.54, 1.807) is 33.0 Å². The highest BCUT2D eigenvalue weighted by molar-refractivity contribution is 7.90. The predicted molar refractivity (Wildman–Crippen MR) is 179 cm³/mol. The third-order valence-corrected chi connectivity index (χ3v) is 10.6. The normalized spacial score (nSPS) is 19.2. The molecule has 0 aliphatic carbocycles. The van der Waals surface area contributed by atoms with Crippen LogP contribution < -0.4 is 9.62 Å². The number of carbonyl (C=O) groups is 2. The van der Waals surface area contributed by atoms with E-state index in [-0.39, 0.29) is 21.4 Å². The lowest BCUT2D eigenvalue weighted by atomic mass is 9.96. The van der Waals surface area contributed by atoms with Gasteiger partial charge in [0, 0.05) is 37.7 Å². The van der Waals surface area contributed by atoms with E-state index in [0.717, 1.165) is 21.2 Å². The molecule has 0 radical (unpaired) electrons. The van der Waals surface area contributed by atoms with Crippen molar-refractivity contribution >= 4 is 74.0 Å². The van der Waals surface area contributed by atoms with Crippen molar-refractivity contribution in [3.63, 3.8) is 0 Å². The Morgan fingerprint density at radius 2 is 1.80 bits per heavy atom. The number of nitrogens with one attached hydrogen (secondary N) is 1. The highest BCUT2D eigenvalue weighted by Crippen LogP contribution is 2.44. The molecule has 244 valence electrons. The molecule has 3 atom stereocenters. The van der Waals surface area contributed by atoms with E-state index in [1.807, 2.05) is 45.0 Å². The average Bonchev–Trinajstić information content (AvgIpc) is 3.51. The van der Waals surface area contributed by atoms with E-state index < -0.39 is 45.7 Å². The fraction of sp³-hybridized carbons (Fsp3) is 0.355. The fourth-order valence-corrected chi connectivity index (χ4v) is 7.56. The Hall–Kier alpha value is -3.01. The molecule has 0 saturated carbocycles. The number of pyridine rings is 2. The Labute approximate surface area is 282 Å². The molecule has 46 heavy (non-hydrogen) atoms. The fourth-order valence-electron chi connectivity index (χ4n) is 5.02. The Bertz CT molecular complexity index is 1820. The first-order chi connectivity index (χ1) is 21.4. The number of amides is 2. The highest BCUT2D eigenvalue weighted by atomic mass is 35.5. The quantitative estimate of drug-likeness (QED) is 0.161. The van der Waals surface area contributed by atoms with Crippen molar-refractivity contribution in [1.29, 1.82) is 0 Å². The summed E-state index contributed by atoms with van der Waals surface area (Å²) in [6, 6.07) is 10.9. The zero-order chi connectivity index (χ0) is 33.8. The molecule has 1 aliphatic rings. The van der Waals surface area contributed by atoms with Gasteiger partial charge in [0.05, 0.1) is 23.0 Å². The van der Waals surface area contributed by atoms with Crippen molar-refractivity contribution in [2.45, 2.75) is 63.7 Å². The van der Waals surface area contributed by atoms with Gasteiger partial charge in [0.1, 0.15) is 22.2 Å². The highest BCUT2D eigenvalue weighted by Gasteiger charge is 2.43. The maximum Gasteiger partial charge on any atom is 0.422 e. The third kappa shape index (κ3) is 6.97. The zero-order valence-electron chi connectivity index (χ0n) is 25.8. The van der Waals surface area contributed by atoms with Gasteiger partial charge in [0.2, 0.25) is 0 Å². The Balaban J connectivity index is 1.66. The zero-order valence-corrected chi connectivity index (χ0v) is 28.9. The van der Waals surface area contributed by atoms with Crippen molar-refractivity contribution in [3.8, 4) is 11.3 Å². The molecule has 3 aromatic heterocycles. The van der Waals surface area contributed by atoms with Crippen molar-refractivity contribution in [2.75, 3.05) is 11.5 Å². The minimum absolute atomic E-state index is 0.0831. The minimum Gasteiger partial charge on any atom is -0.598 e. The largest absolute Gasteiger partial charge is 0.598 e. The number of anilines is 1. The van der Waals surface area contributed by atoms with Crippen LogP contribution in [-0.2, 0) is 26.4 Å². The summed E-state index contributed by atoms with van der Waals surface area (Å²) in [5.41, 5.74) is 1.67. The van der Waals surface area contributed by atoms with Crippen LogP contribution in [0.4, 0.5) is 15.4 Å². The summed E-state index contributed by atoms with van der Waals surface area (Å²) in [5.74, 6) is -1.12. The lowest BCUT2D eigenvalue weighted by Crippen LogP contribution is -2.42. The molecule has 1 aromatic carbocycles. The number of imide groups is 1. The van der Waals surface area contributed by atoms with Crippen molar-refractivity contribution in [3.05, 3.63) is 74.8 Å². The lowest BCUT2D eigenvalue weighted by Gasteiger charge is -2.28. The van der Waals surface area contributed by atoms with Crippen LogP contribution in [0.3, 0.4) is 0 Å². The number of ether oxygens (including phenoxy) is 2. The summed E-state index contributed by atoms with van der Waals surface area (Å²) in [5, 5.41) is 20.4. The number of hydrogen-bond donors (Lipinski definition) is 3. The van der Waals surface area contributed by atoms with Gasteiger partial charge >= 0.3 is 12.2 Å². The molecular weight excluding hydrogens is 675 g/mol. The van der Waals surface area contributed by atoms with Gasteiger partial charge in [-0.25, -0.2) is 14.6 Å². The molecule has 0 bridgehead atoms. The summed E-state index contributed by atoms with van der Waals surface area (Å²) in [4.78, 5) is 33.2. The number of benzene rings is 1. The summed E-state index contributed by atoms with van der Waals surface area (Å²) < 4.78 is 28.7. The third-order valence-electron chi connectivity index (χ3n) is 7.22. The standard InChI is InChI=1S/C31H32Cl2N4O7S2/c1-29(2,3)46(42)36-25(24-20(33)7-8-23(35-24)37(27(38)39)28(40)41)22-12-16-11-18(32)14-19(26(16)45-22)21-13-17(9-10-34-21)31(6)15-43-30(4,5)44-31/h7-14,25,36H,15H2,1-6H3,(H,38,39)(H,40,41). The summed E-state index contributed by atoms with van der Waals surface area (Å²) >= 11 is 12.9. The number of nitrogens with zero attached hydrogens (tertiary/aromatic N) is 3. The number of thiophene rings is 1. The second-order valence-electron chi connectivity index (χ2n) is 12.3. The molecule has 11 nitrogen and oxygen atoms in total. The lowest BCUT2D eigenvalue weighted by molar-refractivity contribution is -0.159. The van der Waals surface area contributed by atoms with Crippen LogP contribution in [0.15, 0.2) is 48.7 Å². The van der Waals surface area contributed by atoms with Crippen LogP contribution in [0, 0.1) is 0 Å². The Morgan fingerprint density at radius 3 is 2.41 bits per heavy atom. The van der Waals surface area contributed by atoms with Gasteiger partial charge in [-0.3, -0.25) is 4.98 Å². The Kier molecular flexibility index (Phi) is 9.36. The van der Waals surface area contributed by atoms with Gasteiger partial charge < -0.3 is 24.2 Å². The molecule has 15 heteroatoms. The van der Waals surface area contributed by atoms with Crippen molar-refractivity contribution < 1.29 is 33.8 Å². The Morgan fingerprint density at radius 1 is 1.11 bits per heavy atom. The van der Waals surface area contributed by atoms with Gasteiger partial charge in [-0.15, -0.1) is 16.1 Å². The average molecular weight is 708 g/mol. The van der Waals surface area contributed by atoms with E-state index in [9.17, 15) is 24.4 Å². The van der Waals surface area contributed by atoms with Gasteiger partial charge in [-0.1, -0.05) is 23.2 Å². The van der Waals surface area contributed by atoms with Gasteiger partial charge in [-0.2, -0.15) is 4.90 Å². The van der Waals surface area contributed by atoms with Crippen LogP contribution in [0.1, 0.15) is 63.7 Å². The summed E-state index contributed by atoms with van der Waals surface area (Å²) in [6.07, 6.45) is -1.77. The topological polar surface area (TPSA) is 157 Å². The summed E-state index contributed by atoms with van der Waals surface area (Å²) in [6.45, 7) is 11.4. The molecule has 3 unspecified atom stereocenters. The van der Waals surface area contributed by atoms with E-state index >= 15 is 0 Å². The second kappa shape index (κ2) is 12.5. The van der Waals surface area contributed by atoms with Crippen LogP contribution in [0.25, 0.3) is 21.3 Å². The number of carboxylic acid groups (broad SMARTS) is 2.